The highest BCUT2D eigenvalue weighted by molar-refractivity contribution is 8.00. The molecule has 0 radical (unpaired) electrons. The Labute approximate surface area is 206 Å². The van der Waals surface area contributed by atoms with E-state index in [1.54, 1.807) is 21.6 Å². The number of aromatic nitrogens is 3. The number of nitrogen functional groups attached to an aromatic ring is 2. The molecule has 0 unspecified atom stereocenters. The van der Waals surface area contributed by atoms with Crippen molar-refractivity contribution in [2.45, 2.75) is 24.5 Å². The SMILES string of the molecule is CO/N=C(\C(=O)N[C@H]1C(=O)N2C(C(=O)O)=C(C[n+]3ccc(N)n3CCO)CS[C@@H]12)c1csc(N)n1. The number of aliphatic carboxylic acids is 1. The molecule has 4 heterocycles. The predicted molar refractivity (Wildman–Crippen MR) is 126 cm³/mol. The Balaban J connectivity index is 1.54. The zero-order chi connectivity index (χ0) is 25.3. The number of carboxylic acid groups (broad SMARTS) is 1. The fourth-order valence-electron chi connectivity index (χ4n) is 3.87. The normalized spacial score (nSPS) is 19.9. The number of hydrogen-bond acceptors (Lipinski definition) is 11. The van der Waals surface area contributed by atoms with Crippen LogP contribution in [0, 0.1) is 0 Å². The quantitative estimate of drug-likeness (QED) is 0.108. The number of carboxylic acids is 1. The van der Waals surface area contributed by atoms with Crippen molar-refractivity contribution in [1.29, 1.82) is 0 Å². The van der Waals surface area contributed by atoms with Crippen LogP contribution in [0.3, 0.4) is 0 Å². The number of nitrogens with one attached hydrogen (secondary N) is 1. The maximum Gasteiger partial charge on any atom is 0.352 e. The number of aliphatic hydroxyl groups is 1. The fraction of sp³-hybridized carbons (Fsp3) is 0.368. The van der Waals surface area contributed by atoms with Crippen molar-refractivity contribution in [2.75, 3.05) is 30.9 Å². The van der Waals surface area contributed by atoms with Crippen molar-refractivity contribution >= 4 is 57.5 Å². The number of nitrogens with zero attached hydrogens (tertiary/aromatic N) is 5. The molecule has 0 saturated carbocycles. The summed E-state index contributed by atoms with van der Waals surface area (Å²) in [5, 5.41) is 26.7. The molecule has 2 aromatic rings. The van der Waals surface area contributed by atoms with E-state index in [1.165, 1.54) is 29.2 Å². The summed E-state index contributed by atoms with van der Waals surface area (Å²) in [6, 6.07) is 0.688. The van der Waals surface area contributed by atoms with Gasteiger partial charge in [0.05, 0.1) is 12.7 Å². The molecule has 2 aromatic heterocycles. The van der Waals surface area contributed by atoms with E-state index in [0.717, 1.165) is 11.3 Å². The number of hydrogen-bond donors (Lipinski definition) is 5. The minimum absolute atomic E-state index is 0.134. The van der Waals surface area contributed by atoms with E-state index in [0.29, 0.717) is 17.1 Å². The molecule has 1 saturated heterocycles. The van der Waals surface area contributed by atoms with Crippen molar-refractivity contribution in [3.8, 4) is 0 Å². The summed E-state index contributed by atoms with van der Waals surface area (Å²) >= 11 is 2.44. The van der Waals surface area contributed by atoms with Crippen molar-refractivity contribution in [1.82, 2.24) is 19.9 Å². The summed E-state index contributed by atoms with van der Waals surface area (Å²) in [5.74, 6) is -1.79. The molecule has 2 aliphatic heterocycles. The van der Waals surface area contributed by atoms with Gasteiger partial charge in [0.1, 0.15) is 36.5 Å². The average Bonchev–Trinajstić information content (AvgIpc) is 3.41. The second kappa shape index (κ2) is 9.93. The second-order valence-corrected chi connectivity index (χ2v) is 9.49. The van der Waals surface area contributed by atoms with Crippen LogP contribution in [-0.4, -0.2) is 79.2 Å². The molecule has 35 heavy (non-hydrogen) atoms. The lowest BCUT2D eigenvalue weighted by molar-refractivity contribution is -0.767. The van der Waals surface area contributed by atoms with Crippen molar-refractivity contribution in [2.24, 2.45) is 5.16 Å². The number of thiazole rings is 1. The topological polar surface area (TPSA) is 202 Å². The average molecular weight is 524 g/mol. The van der Waals surface area contributed by atoms with Gasteiger partial charge in [0.25, 0.3) is 11.8 Å². The van der Waals surface area contributed by atoms with Gasteiger partial charge in [-0.3, -0.25) is 14.5 Å². The second-order valence-electron chi connectivity index (χ2n) is 7.50. The number of carbonyl (C=O) groups is 3. The van der Waals surface area contributed by atoms with Gasteiger partial charge >= 0.3 is 5.97 Å². The van der Waals surface area contributed by atoms with E-state index in [2.05, 4.69) is 15.5 Å². The summed E-state index contributed by atoms with van der Waals surface area (Å²) in [7, 11) is 1.27. The van der Waals surface area contributed by atoms with Crippen molar-refractivity contribution < 1.29 is 34.1 Å². The Hall–Kier alpha value is -3.63. The molecule has 0 bridgehead atoms. The van der Waals surface area contributed by atoms with E-state index in [1.807, 2.05) is 0 Å². The Morgan fingerprint density at radius 2 is 2.20 bits per heavy atom. The molecule has 1 fully saturated rings. The molecular weight excluding hydrogens is 500 g/mol. The molecule has 14 nitrogen and oxygen atoms in total. The summed E-state index contributed by atoms with van der Waals surface area (Å²) < 4.78 is 3.30. The largest absolute Gasteiger partial charge is 0.477 e. The van der Waals surface area contributed by atoms with Gasteiger partial charge < -0.3 is 31.8 Å². The molecule has 16 heteroatoms. The van der Waals surface area contributed by atoms with Gasteiger partial charge in [-0.05, 0) is 0 Å². The number of aliphatic hydroxyl groups excluding tert-OH is 1. The summed E-state index contributed by atoms with van der Waals surface area (Å²) in [5.41, 5.74) is 12.0. The number of nitrogens with two attached hydrogens (primary N) is 2. The van der Waals surface area contributed by atoms with Gasteiger partial charge in [-0.1, -0.05) is 5.16 Å². The molecule has 0 aromatic carbocycles. The van der Waals surface area contributed by atoms with Gasteiger partial charge in [0.2, 0.25) is 0 Å². The number of fused-ring (bicyclic) bond motifs is 1. The van der Waals surface area contributed by atoms with Gasteiger partial charge in [0, 0.05) is 16.7 Å². The minimum Gasteiger partial charge on any atom is -0.477 e. The van der Waals surface area contributed by atoms with Crippen molar-refractivity contribution in [3.63, 3.8) is 0 Å². The van der Waals surface area contributed by atoms with Crippen LogP contribution in [-0.2, 0) is 32.3 Å². The summed E-state index contributed by atoms with van der Waals surface area (Å²) in [4.78, 5) is 47.9. The monoisotopic (exact) mass is 523 g/mol. The third kappa shape index (κ3) is 4.54. The first-order chi connectivity index (χ1) is 16.8. The van der Waals surface area contributed by atoms with Crippen LogP contribution in [0.25, 0.3) is 0 Å². The summed E-state index contributed by atoms with van der Waals surface area (Å²) in [6.07, 6.45) is 1.68. The van der Waals surface area contributed by atoms with Crippen molar-refractivity contribution in [3.05, 3.63) is 34.6 Å². The zero-order valence-electron chi connectivity index (χ0n) is 18.4. The molecule has 0 aliphatic carbocycles. The van der Waals surface area contributed by atoms with E-state index in [9.17, 15) is 24.6 Å². The maximum atomic E-state index is 13.0. The Morgan fingerprint density at radius 3 is 2.83 bits per heavy atom. The number of thioether (sulfide) groups is 1. The highest BCUT2D eigenvalue weighted by atomic mass is 32.2. The lowest BCUT2D eigenvalue weighted by Gasteiger charge is -2.49. The Bertz CT molecular complexity index is 1240. The van der Waals surface area contributed by atoms with Crippen LogP contribution in [0.15, 0.2) is 34.1 Å². The zero-order valence-corrected chi connectivity index (χ0v) is 20.1. The van der Waals surface area contributed by atoms with Gasteiger partial charge in [-0.25, -0.2) is 9.78 Å². The van der Waals surface area contributed by atoms with Crippen LogP contribution in [0.2, 0.25) is 0 Å². The third-order valence-electron chi connectivity index (χ3n) is 5.39. The number of anilines is 2. The predicted octanol–water partition coefficient (Wildman–Crippen LogP) is -1.82. The minimum atomic E-state index is -1.25. The Kier molecular flexibility index (Phi) is 6.95. The first kappa shape index (κ1) is 24.5. The number of rotatable bonds is 9. The molecule has 186 valence electrons. The summed E-state index contributed by atoms with van der Waals surface area (Å²) in [6.45, 7) is 0.251. The number of amides is 2. The molecule has 4 rings (SSSR count). The molecule has 7 N–H and O–H groups in total. The van der Waals surface area contributed by atoms with E-state index in [4.69, 9.17) is 16.3 Å². The third-order valence-corrected chi connectivity index (χ3v) is 7.40. The highest BCUT2D eigenvalue weighted by Crippen LogP contribution is 2.40. The number of carbonyl (C=O) groups excluding carboxylic acids is 2. The van der Waals surface area contributed by atoms with Crippen LogP contribution in [0.1, 0.15) is 5.69 Å². The fourth-order valence-corrected chi connectivity index (χ4v) is 5.75. The maximum absolute atomic E-state index is 13.0. The molecule has 2 aliphatic rings. The first-order valence-corrected chi connectivity index (χ1v) is 12.2. The lowest BCUT2D eigenvalue weighted by atomic mass is 10.0. The highest BCUT2D eigenvalue weighted by Gasteiger charge is 2.55. The van der Waals surface area contributed by atoms with E-state index >= 15 is 0 Å². The van der Waals surface area contributed by atoms with Crippen LogP contribution in [0.5, 0.6) is 0 Å². The number of β-lactam (4-membered cyclic amide) rings is 1. The molecule has 2 atom stereocenters. The number of oxime groups is 1. The molecular formula is C19H23N8O6S2+. The first-order valence-electron chi connectivity index (χ1n) is 10.3. The van der Waals surface area contributed by atoms with Gasteiger partial charge in [-0.15, -0.1) is 32.5 Å². The van der Waals surface area contributed by atoms with Crippen LogP contribution < -0.4 is 21.5 Å². The lowest BCUT2D eigenvalue weighted by Crippen LogP contribution is -2.71. The van der Waals surface area contributed by atoms with Gasteiger partial charge in [-0.2, -0.15) is 0 Å². The molecule has 0 spiro atoms. The van der Waals surface area contributed by atoms with Crippen LogP contribution >= 0.6 is 23.1 Å². The Morgan fingerprint density at radius 1 is 1.43 bits per heavy atom. The standard InChI is InChI=1S/C19H22N8O6S2/c1-33-24-12(10-8-35-19(21)22-10)15(29)23-13-16(30)27-14(18(31)32)9(7-34-17(13)27)6-25-3-2-11(20)26(25)4-5-28/h2-3,8,13,17,20,28H,4-7H2,1H3,(H4,21,22,23,29,31,32)/p+1/b24-12-/t13-,17-/m0/s1. The van der Waals surface area contributed by atoms with E-state index < -0.39 is 29.2 Å². The van der Waals surface area contributed by atoms with Crippen LogP contribution in [0.4, 0.5) is 10.9 Å². The van der Waals surface area contributed by atoms with E-state index in [-0.39, 0.29) is 41.9 Å². The smallest absolute Gasteiger partial charge is 0.352 e. The molecule has 2 amide bonds. The van der Waals surface area contributed by atoms with Gasteiger partial charge in [0.15, 0.2) is 29.4 Å².